The fraction of sp³-hybridized carbons (Fsp3) is 0.350. The van der Waals surface area contributed by atoms with Gasteiger partial charge in [-0.15, -0.1) is 0 Å². The number of carbonyl (C=O) groups excluding carboxylic acids is 1. The van der Waals surface area contributed by atoms with Crippen LogP contribution in [0.3, 0.4) is 0 Å². The largest absolute Gasteiger partial charge is 0.461 e. The highest BCUT2D eigenvalue weighted by atomic mass is 16.6. The lowest BCUT2D eigenvalue weighted by Gasteiger charge is -2.17. The average molecular weight is 370 g/mol. The van der Waals surface area contributed by atoms with Crippen molar-refractivity contribution in [3.8, 4) is 6.07 Å². The molecule has 0 amide bonds. The van der Waals surface area contributed by atoms with Gasteiger partial charge in [-0.25, -0.2) is 4.79 Å². The first-order valence-corrected chi connectivity index (χ1v) is 8.73. The molecule has 0 saturated carbocycles. The summed E-state index contributed by atoms with van der Waals surface area (Å²) in [6.45, 7) is 7.12. The summed E-state index contributed by atoms with van der Waals surface area (Å²) >= 11 is 0. The Morgan fingerprint density at radius 2 is 2.00 bits per heavy atom. The van der Waals surface area contributed by atoms with E-state index in [1.165, 1.54) is 13.3 Å². The molecule has 0 fully saturated rings. The number of likely N-dealkylation sites (N-methyl/N-ethyl adjacent to an activating group) is 1. The van der Waals surface area contributed by atoms with Crippen molar-refractivity contribution in [2.24, 2.45) is 4.99 Å². The van der Waals surface area contributed by atoms with Crippen molar-refractivity contribution in [1.82, 2.24) is 10.4 Å². The number of benzene rings is 1. The lowest BCUT2D eigenvalue weighted by atomic mass is 10.2. The van der Waals surface area contributed by atoms with Gasteiger partial charge in [-0.1, -0.05) is 13.8 Å². The van der Waals surface area contributed by atoms with Gasteiger partial charge in [-0.3, -0.25) is 15.3 Å². The number of nitrogens with zero attached hydrogens (tertiary/aromatic N) is 3. The molecule has 1 aromatic carbocycles. The Labute approximate surface area is 160 Å². The zero-order chi connectivity index (χ0) is 19.9. The fourth-order valence-electron chi connectivity index (χ4n) is 2.09. The first-order valence-electron chi connectivity index (χ1n) is 8.73. The average Bonchev–Trinajstić information content (AvgIpc) is 2.71. The fourth-order valence-corrected chi connectivity index (χ4v) is 2.09. The number of carbonyl (C=O) groups is 1. The summed E-state index contributed by atoms with van der Waals surface area (Å²) in [5, 5.41) is 8.92. The van der Waals surface area contributed by atoms with E-state index < -0.39 is 0 Å². The van der Waals surface area contributed by atoms with E-state index >= 15 is 0 Å². The maximum atomic E-state index is 12.0. The molecule has 0 radical (unpaired) electrons. The molecular formula is C20H26N4O3. The number of nitrogens with one attached hydrogen (secondary N) is 1. The van der Waals surface area contributed by atoms with Crippen LogP contribution in [0.1, 0.15) is 24.2 Å². The van der Waals surface area contributed by atoms with Crippen LogP contribution in [-0.4, -0.2) is 50.4 Å². The molecule has 1 rings (SSSR count). The van der Waals surface area contributed by atoms with Gasteiger partial charge in [0.05, 0.1) is 23.9 Å². The van der Waals surface area contributed by atoms with Gasteiger partial charge in [0.1, 0.15) is 12.7 Å². The molecule has 0 aromatic heterocycles. The quantitative estimate of drug-likeness (QED) is 0.212. The van der Waals surface area contributed by atoms with E-state index in [0.29, 0.717) is 23.4 Å². The van der Waals surface area contributed by atoms with Crippen molar-refractivity contribution in [3.63, 3.8) is 0 Å². The molecule has 0 spiro atoms. The van der Waals surface area contributed by atoms with Gasteiger partial charge in [-0.2, -0.15) is 5.26 Å². The molecule has 0 saturated heterocycles. The highest BCUT2D eigenvalue weighted by Gasteiger charge is 2.07. The maximum Gasteiger partial charge on any atom is 0.338 e. The molecule has 0 aliphatic carbocycles. The van der Waals surface area contributed by atoms with Crippen LogP contribution in [0.25, 0.3) is 0 Å². The first kappa shape index (κ1) is 22.1. The Balaban J connectivity index is 2.53. The first-order chi connectivity index (χ1) is 13.1. The van der Waals surface area contributed by atoms with Gasteiger partial charge in [-0.05, 0) is 49.5 Å². The van der Waals surface area contributed by atoms with E-state index in [4.69, 9.17) is 10.00 Å². The molecule has 0 bridgehead atoms. The van der Waals surface area contributed by atoms with Gasteiger partial charge < -0.3 is 9.64 Å². The Hall–Kier alpha value is -2.95. The van der Waals surface area contributed by atoms with Crippen LogP contribution in [-0.2, 0) is 9.57 Å². The van der Waals surface area contributed by atoms with Crippen molar-refractivity contribution in [2.45, 2.75) is 13.8 Å². The third-order valence-corrected chi connectivity index (χ3v) is 3.68. The zero-order valence-corrected chi connectivity index (χ0v) is 16.0. The van der Waals surface area contributed by atoms with Crippen LogP contribution in [0.5, 0.6) is 0 Å². The molecule has 0 atom stereocenters. The maximum absolute atomic E-state index is 12.0. The van der Waals surface area contributed by atoms with Crippen molar-refractivity contribution in [1.29, 1.82) is 5.26 Å². The minimum Gasteiger partial charge on any atom is -0.461 e. The van der Waals surface area contributed by atoms with Crippen LogP contribution < -0.4 is 5.48 Å². The second kappa shape index (κ2) is 13.3. The highest BCUT2D eigenvalue weighted by Crippen LogP contribution is 2.13. The van der Waals surface area contributed by atoms with Crippen molar-refractivity contribution in [3.05, 3.63) is 53.8 Å². The zero-order valence-electron chi connectivity index (χ0n) is 16.0. The van der Waals surface area contributed by atoms with E-state index in [0.717, 1.165) is 19.6 Å². The number of hydroxylamine groups is 1. The van der Waals surface area contributed by atoms with E-state index in [9.17, 15) is 4.79 Å². The molecule has 0 aliphatic rings. The van der Waals surface area contributed by atoms with Gasteiger partial charge in [0.15, 0.2) is 0 Å². The Bertz CT molecular complexity index is 699. The number of rotatable bonds is 11. The van der Waals surface area contributed by atoms with Gasteiger partial charge in [0, 0.05) is 19.0 Å². The molecule has 7 nitrogen and oxygen atoms in total. The topological polar surface area (TPSA) is 87.0 Å². The summed E-state index contributed by atoms with van der Waals surface area (Å²) in [5.74, 6) is -0.341. The lowest BCUT2D eigenvalue weighted by Crippen LogP contribution is -2.27. The molecule has 7 heteroatoms. The van der Waals surface area contributed by atoms with Crippen LogP contribution in [0.4, 0.5) is 5.69 Å². The molecule has 0 aliphatic heterocycles. The minimum atomic E-state index is -0.341. The molecule has 0 heterocycles. The monoisotopic (exact) mass is 370 g/mol. The van der Waals surface area contributed by atoms with Crippen LogP contribution in [0.15, 0.2) is 53.2 Å². The third-order valence-electron chi connectivity index (χ3n) is 3.68. The Morgan fingerprint density at radius 1 is 1.30 bits per heavy atom. The summed E-state index contributed by atoms with van der Waals surface area (Å²) < 4.78 is 5.29. The van der Waals surface area contributed by atoms with E-state index in [1.54, 1.807) is 42.6 Å². The lowest BCUT2D eigenvalue weighted by molar-refractivity contribution is 0.0466. The second-order valence-corrected chi connectivity index (χ2v) is 5.38. The van der Waals surface area contributed by atoms with Gasteiger partial charge >= 0.3 is 5.97 Å². The number of ether oxygens (including phenoxy) is 1. The second-order valence-electron chi connectivity index (χ2n) is 5.38. The standard InChI is InChI=1S/C20H26N4O3/c1-4-24(5-2)13-14-27-20(25)18-8-10-19(11-9-18)22-12-6-7-17(15-21)16-23-26-3/h6-12,16,23H,4-5,13-14H2,1-3H3. The van der Waals surface area contributed by atoms with Crippen molar-refractivity contribution in [2.75, 3.05) is 33.4 Å². The van der Waals surface area contributed by atoms with E-state index in [1.807, 2.05) is 6.07 Å². The molecular weight excluding hydrogens is 344 g/mol. The van der Waals surface area contributed by atoms with Crippen LogP contribution in [0, 0.1) is 11.3 Å². The molecule has 27 heavy (non-hydrogen) atoms. The predicted molar refractivity (Wildman–Crippen MR) is 106 cm³/mol. The summed E-state index contributed by atoms with van der Waals surface area (Å²) in [4.78, 5) is 23.1. The summed E-state index contributed by atoms with van der Waals surface area (Å²) in [6.07, 6.45) is 6.24. The highest BCUT2D eigenvalue weighted by molar-refractivity contribution is 5.89. The summed E-state index contributed by atoms with van der Waals surface area (Å²) in [6, 6.07) is 8.83. The number of aliphatic imine (C=N–C) groups is 1. The van der Waals surface area contributed by atoms with Crippen molar-refractivity contribution < 1.29 is 14.4 Å². The predicted octanol–water partition coefficient (Wildman–Crippen LogP) is 3.00. The van der Waals surface area contributed by atoms with Crippen LogP contribution in [0.2, 0.25) is 0 Å². The molecule has 1 aromatic rings. The summed E-state index contributed by atoms with van der Waals surface area (Å²) in [5.41, 5.74) is 4.05. The van der Waals surface area contributed by atoms with Crippen molar-refractivity contribution >= 4 is 17.9 Å². The molecule has 144 valence electrons. The summed E-state index contributed by atoms with van der Waals surface area (Å²) in [7, 11) is 1.46. The number of nitriles is 1. The number of esters is 1. The minimum absolute atomic E-state index is 0.341. The van der Waals surface area contributed by atoms with Gasteiger partial charge in [0.25, 0.3) is 0 Å². The third kappa shape index (κ3) is 8.81. The van der Waals surface area contributed by atoms with Crippen LogP contribution >= 0.6 is 0 Å². The molecule has 1 N–H and O–H groups in total. The molecule has 0 unspecified atom stereocenters. The number of allylic oxidation sites excluding steroid dienone is 3. The Kier molecular flexibility index (Phi) is 10.9. The smallest absolute Gasteiger partial charge is 0.338 e. The number of hydrogen-bond acceptors (Lipinski definition) is 7. The van der Waals surface area contributed by atoms with Gasteiger partial charge in [0.2, 0.25) is 0 Å². The normalized spacial score (nSPS) is 11.9. The SMILES string of the molecule is CCN(CC)CCOC(=O)c1ccc(N=CC=CC(C#N)=CNOC)cc1. The van der Waals surface area contributed by atoms with E-state index in [-0.39, 0.29) is 5.97 Å². The Morgan fingerprint density at radius 3 is 2.59 bits per heavy atom. The van der Waals surface area contributed by atoms with E-state index in [2.05, 4.69) is 34.1 Å². The number of hydrogen-bond donors (Lipinski definition) is 1.